The van der Waals surface area contributed by atoms with E-state index in [1.54, 1.807) is 88.2 Å². The van der Waals surface area contributed by atoms with Gasteiger partial charge in [-0.2, -0.15) is 0 Å². The van der Waals surface area contributed by atoms with Crippen LogP contribution in [0, 0.1) is 60.2 Å². The van der Waals surface area contributed by atoms with Crippen LogP contribution in [-0.2, 0) is 0 Å². The Balaban J connectivity index is 1.39. The van der Waals surface area contributed by atoms with Crippen LogP contribution in [0.3, 0.4) is 0 Å². The van der Waals surface area contributed by atoms with Crippen LogP contribution < -0.4 is 0 Å². The Morgan fingerprint density at radius 2 is 1.00 bits per heavy atom. The van der Waals surface area contributed by atoms with Gasteiger partial charge in [0, 0.05) is 0 Å². The molecular weight excluding hydrogens is 348 g/mol. The van der Waals surface area contributed by atoms with Crippen LogP contribution in [0.5, 0.6) is 0 Å². The average molecular weight is 389 g/mol. The number of rotatable bonds is 3. The van der Waals surface area contributed by atoms with E-state index in [9.17, 15) is 0 Å². The molecule has 8 bridgehead atoms. The van der Waals surface area contributed by atoms with Crippen molar-refractivity contribution in [2.24, 2.45) is 46.3 Å². The molecule has 0 heteroatoms. The van der Waals surface area contributed by atoms with Gasteiger partial charge in [0.25, 0.3) is 0 Å². The Kier molecular flexibility index (Phi) is 3.65. The van der Waals surface area contributed by atoms with E-state index >= 15 is 0 Å². The Labute approximate surface area is 178 Å². The highest BCUT2D eigenvalue weighted by molar-refractivity contribution is 5.38. The molecule has 29 heavy (non-hydrogen) atoms. The highest BCUT2D eigenvalue weighted by atomic mass is 14.7. The molecule has 156 valence electrons. The standard InChI is InChI=1S/C29H40/c1-18-3-4-26(19(2)5-18)27(28-12-20-6-21(13-28)8-22(7-20)14-28)29-15-23-9-24(16-29)11-25(10-23)17-29/h3-5,20-25,27H,6-17H2,1-2H3. The van der Waals surface area contributed by atoms with Crippen molar-refractivity contribution in [1.82, 2.24) is 0 Å². The molecule has 1 aromatic carbocycles. The van der Waals surface area contributed by atoms with Gasteiger partial charge in [0.15, 0.2) is 0 Å². The molecule has 0 amide bonds. The highest BCUT2D eigenvalue weighted by Gasteiger charge is 2.63. The summed E-state index contributed by atoms with van der Waals surface area (Å²) in [7, 11) is 0. The van der Waals surface area contributed by atoms with E-state index in [1.807, 2.05) is 0 Å². The van der Waals surface area contributed by atoms with E-state index < -0.39 is 0 Å². The van der Waals surface area contributed by atoms with E-state index in [0.29, 0.717) is 10.8 Å². The smallest absolute Gasteiger partial charge is 0.00455 e. The molecule has 0 heterocycles. The predicted molar refractivity (Wildman–Crippen MR) is 120 cm³/mol. The maximum atomic E-state index is 2.62. The van der Waals surface area contributed by atoms with Crippen LogP contribution in [0.15, 0.2) is 18.2 Å². The van der Waals surface area contributed by atoms with Gasteiger partial charge < -0.3 is 0 Å². The topological polar surface area (TPSA) is 0 Å². The Morgan fingerprint density at radius 3 is 1.34 bits per heavy atom. The van der Waals surface area contributed by atoms with Crippen molar-refractivity contribution >= 4 is 0 Å². The summed E-state index contributed by atoms with van der Waals surface area (Å²) in [6, 6.07) is 7.59. The summed E-state index contributed by atoms with van der Waals surface area (Å²) in [6.07, 6.45) is 19.0. The van der Waals surface area contributed by atoms with Gasteiger partial charge in [-0.25, -0.2) is 0 Å². The lowest BCUT2D eigenvalue weighted by Gasteiger charge is -2.67. The van der Waals surface area contributed by atoms with Crippen LogP contribution in [0.4, 0.5) is 0 Å². The zero-order chi connectivity index (χ0) is 19.4. The molecule has 0 aromatic heterocycles. The SMILES string of the molecule is Cc1ccc(C(C23CC4CC(CC(C4)C2)C3)C23CC4CC(CC(C4)C2)C3)c(C)c1. The largest absolute Gasteiger partial charge is 0.0590 e. The third-order valence-corrected chi connectivity index (χ3v) is 11.1. The van der Waals surface area contributed by atoms with Crippen molar-refractivity contribution in [3.63, 3.8) is 0 Å². The monoisotopic (exact) mass is 388 g/mol. The van der Waals surface area contributed by atoms with Gasteiger partial charge in [0.2, 0.25) is 0 Å². The van der Waals surface area contributed by atoms with Crippen LogP contribution >= 0.6 is 0 Å². The van der Waals surface area contributed by atoms with E-state index in [0.717, 1.165) is 41.4 Å². The summed E-state index contributed by atoms with van der Waals surface area (Å²) >= 11 is 0. The molecule has 0 atom stereocenters. The quantitative estimate of drug-likeness (QED) is 0.495. The minimum Gasteiger partial charge on any atom is -0.0590 e. The molecule has 8 saturated carbocycles. The van der Waals surface area contributed by atoms with Crippen LogP contribution in [-0.4, -0.2) is 0 Å². The molecule has 9 rings (SSSR count). The summed E-state index contributed by atoms with van der Waals surface area (Å²) in [5.41, 5.74) is 6.20. The van der Waals surface area contributed by atoms with E-state index in [4.69, 9.17) is 0 Å². The Hall–Kier alpha value is -0.780. The third kappa shape index (κ3) is 2.56. The van der Waals surface area contributed by atoms with Gasteiger partial charge in [-0.1, -0.05) is 23.8 Å². The summed E-state index contributed by atoms with van der Waals surface area (Å²) in [5.74, 6) is 7.31. The molecular formula is C29H40. The summed E-state index contributed by atoms with van der Waals surface area (Å²) in [5, 5.41) is 0. The Morgan fingerprint density at radius 1 is 0.621 bits per heavy atom. The lowest BCUT2D eigenvalue weighted by molar-refractivity contribution is -0.144. The van der Waals surface area contributed by atoms with Crippen molar-refractivity contribution in [2.45, 2.75) is 96.8 Å². The second kappa shape index (κ2) is 5.92. The van der Waals surface area contributed by atoms with Gasteiger partial charge in [-0.15, -0.1) is 0 Å². The fraction of sp³-hybridized carbons (Fsp3) is 0.793. The van der Waals surface area contributed by atoms with Crippen LogP contribution in [0.25, 0.3) is 0 Å². The highest BCUT2D eigenvalue weighted by Crippen LogP contribution is 2.73. The minimum atomic E-state index is 0.653. The molecule has 8 fully saturated rings. The lowest BCUT2D eigenvalue weighted by Crippen LogP contribution is -2.57. The van der Waals surface area contributed by atoms with Crippen LogP contribution in [0.2, 0.25) is 0 Å². The summed E-state index contributed by atoms with van der Waals surface area (Å²) < 4.78 is 0. The maximum absolute atomic E-state index is 2.62. The van der Waals surface area contributed by atoms with E-state index in [1.165, 1.54) is 5.56 Å². The second-order valence-electron chi connectivity index (χ2n) is 13.4. The van der Waals surface area contributed by atoms with Crippen molar-refractivity contribution in [3.8, 4) is 0 Å². The van der Waals surface area contributed by atoms with Crippen molar-refractivity contribution in [1.29, 1.82) is 0 Å². The summed E-state index contributed by atoms with van der Waals surface area (Å²) in [4.78, 5) is 0. The first kappa shape index (κ1) is 17.9. The van der Waals surface area contributed by atoms with E-state index in [2.05, 4.69) is 32.0 Å². The molecule has 0 aliphatic heterocycles. The zero-order valence-corrected chi connectivity index (χ0v) is 18.8. The lowest BCUT2D eigenvalue weighted by atomic mass is 9.37. The fourth-order valence-corrected chi connectivity index (χ4v) is 11.5. The third-order valence-electron chi connectivity index (χ3n) is 11.1. The average Bonchev–Trinajstić information content (AvgIpc) is 2.61. The van der Waals surface area contributed by atoms with Crippen molar-refractivity contribution in [2.75, 3.05) is 0 Å². The number of benzene rings is 1. The number of aryl methyl sites for hydroxylation is 2. The van der Waals surface area contributed by atoms with Crippen LogP contribution in [0.1, 0.15) is 99.7 Å². The molecule has 1 aromatic rings. The minimum absolute atomic E-state index is 0.653. The molecule has 0 radical (unpaired) electrons. The van der Waals surface area contributed by atoms with Gasteiger partial charge in [0.05, 0.1) is 0 Å². The molecule has 8 aliphatic rings. The molecule has 8 aliphatic carbocycles. The molecule has 0 saturated heterocycles. The van der Waals surface area contributed by atoms with Gasteiger partial charge in [0.1, 0.15) is 0 Å². The zero-order valence-electron chi connectivity index (χ0n) is 18.8. The second-order valence-corrected chi connectivity index (χ2v) is 13.4. The van der Waals surface area contributed by atoms with Crippen molar-refractivity contribution < 1.29 is 0 Å². The maximum Gasteiger partial charge on any atom is -0.00455 e. The molecule has 0 N–H and O–H groups in total. The molecule has 0 nitrogen and oxygen atoms in total. The Bertz CT molecular complexity index is 714. The molecule has 0 spiro atoms. The molecule has 0 unspecified atom stereocenters. The first-order chi connectivity index (χ1) is 14.0. The summed E-state index contributed by atoms with van der Waals surface area (Å²) in [6.45, 7) is 4.75. The first-order valence-electron chi connectivity index (χ1n) is 13.1. The normalized spacial score (nSPS) is 50.3. The van der Waals surface area contributed by atoms with Crippen molar-refractivity contribution in [3.05, 3.63) is 34.9 Å². The van der Waals surface area contributed by atoms with Gasteiger partial charge >= 0.3 is 0 Å². The number of hydrogen-bond donors (Lipinski definition) is 0. The fourth-order valence-electron chi connectivity index (χ4n) is 11.5. The number of hydrogen-bond acceptors (Lipinski definition) is 0. The first-order valence-corrected chi connectivity index (χ1v) is 13.1. The van der Waals surface area contributed by atoms with Gasteiger partial charge in [-0.05, 0) is 154 Å². The van der Waals surface area contributed by atoms with E-state index in [-0.39, 0.29) is 0 Å². The predicted octanol–water partition coefficient (Wildman–Crippen LogP) is 7.82. The van der Waals surface area contributed by atoms with Gasteiger partial charge in [-0.3, -0.25) is 0 Å².